The molecular weight excluding hydrogens is 412 g/mol. The van der Waals surface area contributed by atoms with Gasteiger partial charge in [-0.3, -0.25) is 14.4 Å². The lowest BCUT2D eigenvalue weighted by molar-refractivity contribution is -0.155. The lowest BCUT2D eigenvalue weighted by Gasteiger charge is -2.25. The molecule has 1 aliphatic heterocycles. The maximum absolute atomic E-state index is 12.6. The molecule has 1 heterocycles. The number of fused-ring (bicyclic) bond motifs is 1. The van der Waals surface area contributed by atoms with Crippen LogP contribution in [0.3, 0.4) is 0 Å². The Bertz CT molecular complexity index is 730. The van der Waals surface area contributed by atoms with Crippen LogP contribution in [0.1, 0.15) is 49.5 Å². The standard InChI is InChI=1S/C17H20BrClN2O4/c1-17(2,3)25-13(22)7-6-12(15(20)23)21-8-10-9(16(21)24)4-5-11(18)14(10)19/h4-5,12H,6-8H2,1-3H3,(H2,20,23). The fourth-order valence-corrected chi connectivity index (χ4v) is 3.29. The van der Waals surface area contributed by atoms with E-state index < -0.39 is 23.5 Å². The zero-order chi connectivity index (χ0) is 18.9. The molecule has 0 aromatic heterocycles. The van der Waals surface area contributed by atoms with Gasteiger partial charge < -0.3 is 15.4 Å². The van der Waals surface area contributed by atoms with Gasteiger partial charge in [0.25, 0.3) is 5.91 Å². The highest BCUT2D eigenvalue weighted by molar-refractivity contribution is 9.10. The van der Waals surface area contributed by atoms with Crippen molar-refractivity contribution >= 4 is 45.3 Å². The van der Waals surface area contributed by atoms with Gasteiger partial charge in [-0.15, -0.1) is 0 Å². The van der Waals surface area contributed by atoms with Gasteiger partial charge in [0.2, 0.25) is 5.91 Å². The van der Waals surface area contributed by atoms with E-state index >= 15 is 0 Å². The Kier molecular flexibility index (Phi) is 5.79. The molecule has 25 heavy (non-hydrogen) atoms. The Balaban J connectivity index is 2.14. The second kappa shape index (κ2) is 7.33. The van der Waals surface area contributed by atoms with Crippen LogP contribution in [0.25, 0.3) is 0 Å². The first-order valence-corrected chi connectivity index (χ1v) is 8.97. The van der Waals surface area contributed by atoms with Gasteiger partial charge in [0.1, 0.15) is 11.6 Å². The zero-order valence-electron chi connectivity index (χ0n) is 14.3. The molecule has 0 radical (unpaired) electrons. The minimum Gasteiger partial charge on any atom is -0.460 e. The van der Waals surface area contributed by atoms with Crippen molar-refractivity contribution in [1.82, 2.24) is 4.90 Å². The lowest BCUT2D eigenvalue weighted by Crippen LogP contribution is -2.45. The van der Waals surface area contributed by atoms with E-state index in [0.29, 0.717) is 20.6 Å². The Hall–Kier alpha value is -1.60. The predicted molar refractivity (Wildman–Crippen MR) is 97.1 cm³/mol. The molecule has 2 rings (SSSR count). The van der Waals surface area contributed by atoms with Crippen molar-refractivity contribution in [1.29, 1.82) is 0 Å². The molecule has 2 N–H and O–H groups in total. The molecule has 0 fully saturated rings. The van der Waals surface area contributed by atoms with Crippen molar-refractivity contribution < 1.29 is 19.1 Å². The third-order valence-electron chi connectivity index (χ3n) is 3.76. The molecule has 0 aliphatic carbocycles. The van der Waals surface area contributed by atoms with E-state index in [1.54, 1.807) is 32.9 Å². The molecule has 2 amide bonds. The van der Waals surface area contributed by atoms with Gasteiger partial charge >= 0.3 is 5.97 Å². The van der Waals surface area contributed by atoms with Crippen LogP contribution in [-0.4, -0.2) is 34.3 Å². The second-order valence-corrected chi connectivity index (χ2v) is 8.10. The molecule has 0 spiro atoms. The molecule has 6 nitrogen and oxygen atoms in total. The normalized spacial score (nSPS) is 15.1. The second-order valence-electron chi connectivity index (χ2n) is 6.86. The average Bonchev–Trinajstić information content (AvgIpc) is 2.79. The number of rotatable bonds is 5. The van der Waals surface area contributed by atoms with E-state index in [-0.39, 0.29) is 25.3 Å². The summed E-state index contributed by atoms with van der Waals surface area (Å²) in [7, 11) is 0. The van der Waals surface area contributed by atoms with E-state index in [2.05, 4.69) is 15.9 Å². The highest BCUT2D eigenvalue weighted by Gasteiger charge is 2.37. The number of amides is 2. The molecule has 0 saturated heterocycles. The van der Waals surface area contributed by atoms with Gasteiger partial charge in [0.15, 0.2) is 0 Å². The van der Waals surface area contributed by atoms with E-state index in [0.717, 1.165) is 0 Å². The summed E-state index contributed by atoms with van der Waals surface area (Å²) in [5, 5.41) is 0.434. The number of hydrogen-bond donors (Lipinski definition) is 1. The third kappa shape index (κ3) is 4.52. The number of hydrogen-bond acceptors (Lipinski definition) is 4. The quantitative estimate of drug-likeness (QED) is 0.726. The molecule has 1 atom stereocenters. The van der Waals surface area contributed by atoms with Crippen LogP contribution in [0.15, 0.2) is 16.6 Å². The Morgan fingerprint density at radius 3 is 2.60 bits per heavy atom. The van der Waals surface area contributed by atoms with Crippen molar-refractivity contribution in [2.75, 3.05) is 0 Å². The monoisotopic (exact) mass is 430 g/mol. The molecule has 1 aliphatic rings. The Morgan fingerprint density at radius 2 is 2.04 bits per heavy atom. The first-order valence-electron chi connectivity index (χ1n) is 7.80. The van der Waals surface area contributed by atoms with Crippen LogP contribution in [-0.2, 0) is 20.9 Å². The molecule has 1 unspecified atom stereocenters. The number of nitrogens with zero attached hydrogens (tertiary/aromatic N) is 1. The SMILES string of the molecule is CC(C)(C)OC(=O)CCC(C(N)=O)N1Cc2c(ccc(Br)c2Cl)C1=O. The maximum atomic E-state index is 12.6. The number of carbonyl (C=O) groups excluding carboxylic acids is 3. The van der Waals surface area contributed by atoms with E-state index in [1.165, 1.54) is 4.90 Å². The van der Waals surface area contributed by atoms with Gasteiger partial charge in [0, 0.05) is 28.6 Å². The van der Waals surface area contributed by atoms with Crippen LogP contribution in [0.4, 0.5) is 0 Å². The number of benzene rings is 1. The van der Waals surface area contributed by atoms with E-state index in [4.69, 9.17) is 22.1 Å². The fourth-order valence-electron chi connectivity index (χ4n) is 2.69. The molecule has 0 bridgehead atoms. The van der Waals surface area contributed by atoms with Crippen molar-refractivity contribution in [3.05, 3.63) is 32.8 Å². The van der Waals surface area contributed by atoms with Crippen molar-refractivity contribution in [2.45, 2.75) is 51.8 Å². The molecule has 1 aromatic rings. The van der Waals surface area contributed by atoms with Crippen LogP contribution in [0.5, 0.6) is 0 Å². The maximum Gasteiger partial charge on any atom is 0.306 e. The van der Waals surface area contributed by atoms with Crippen LogP contribution in [0.2, 0.25) is 5.02 Å². The van der Waals surface area contributed by atoms with Crippen molar-refractivity contribution in [3.63, 3.8) is 0 Å². The van der Waals surface area contributed by atoms with E-state index in [1.807, 2.05) is 0 Å². The highest BCUT2D eigenvalue weighted by atomic mass is 79.9. The summed E-state index contributed by atoms with van der Waals surface area (Å²) in [5.41, 5.74) is 5.94. The minimum absolute atomic E-state index is 0.0115. The minimum atomic E-state index is -0.901. The third-order valence-corrected chi connectivity index (χ3v) is 5.08. The Labute approximate surface area is 159 Å². The summed E-state index contributed by atoms with van der Waals surface area (Å²) in [6.45, 7) is 5.46. The summed E-state index contributed by atoms with van der Waals surface area (Å²) in [6.07, 6.45) is 0.0885. The van der Waals surface area contributed by atoms with Crippen molar-refractivity contribution in [3.8, 4) is 0 Å². The summed E-state index contributed by atoms with van der Waals surface area (Å²) in [6, 6.07) is 2.43. The number of ether oxygens (including phenoxy) is 1. The largest absolute Gasteiger partial charge is 0.460 e. The highest BCUT2D eigenvalue weighted by Crippen LogP contribution is 2.35. The smallest absolute Gasteiger partial charge is 0.306 e. The molecule has 0 saturated carbocycles. The van der Waals surface area contributed by atoms with Crippen LogP contribution < -0.4 is 5.73 Å². The Morgan fingerprint density at radius 1 is 1.40 bits per heavy atom. The van der Waals surface area contributed by atoms with Gasteiger partial charge in [-0.25, -0.2) is 0 Å². The number of carbonyl (C=O) groups is 3. The first kappa shape index (κ1) is 19.7. The van der Waals surface area contributed by atoms with Gasteiger partial charge in [-0.05, 0) is 55.3 Å². The number of primary amides is 1. The zero-order valence-corrected chi connectivity index (χ0v) is 16.6. The predicted octanol–water partition coefficient (Wildman–Crippen LogP) is 3.03. The summed E-state index contributed by atoms with van der Waals surface area (Å²) >= 11 is 9.56. The number of esters is 1. The van der Waals surface area contributed by atoms with Crippen molar-refractivity contribution in [2.24, 2.45) is 5.73 Å². The van der Waals surface area contributed by atoms with Gasteiger partial charge in [-0.1, -0.05) is 11.6 Å². The van der Waals surface area contributed by atoms with Gasteiger partial charge in [-0.2, -0.15) is 0 Å². The summed E-state index contributed by atoms with van der Waals surface area (Å²) < 4.78 is 5.91. The number of nitrogens with two attached hydrogens (primary N) is 1. The molecule has 8 heteroatoms. The topological polar surface area (TPSA) is 89.7 Å². The van der Waals surface area contributed by atoms with Crippen LogP contribution in [0, 0.1) is 0 Å². The lowest BCUT2D eigenvalue weighted by atomic mass is 10.1. The van der Waals surface area contributed by atoms with Crippen LogP contribution >= 0.6 is 27.5 Å². The van der Waals surface area contributed by atoms with E-state index in [9.17, 15) is 14.4 Å². The summed E-state index contributed by atoms with van der Waals surface area (Å²) in [5.74, 6) is -1.43. The number of halogens is 2. The average molecular weight is 432 g/mol. The molecule has 1 aromatic carbocycles. The summed E-state index contributed by atoms with van der Waals surface area (Å²) in [4.78, 5) is 37.7. The fraction of sp³-hybridized carbons (Fsp3) is 0.471. The molecular formula is C17H20BrClN2O4. The first-order chi connectivity index (χ1) is 11.5. The molecule has 136 valence electrons. The van der Waals surface area contributed by atoms with Gasteiger partial charge in [0.05, 0.1) is 5.02 Å².